The molecule has 27 heavy (non-hydrogen) atoms. The quantitative estimate of drug-likeness (QED) is 0.818. The summed E-state index contributed by atoms with van der Waals surface area (Å²) in [5.74, 6) is 0.0740. The minimum Gasteiger partial charge on any atom is -0.381 e. The number of ether oxygens (including phenoxy) is 1. The summed E-state index contributed by atoms with van der Waals surface area (Å²) in [7, 11) is -1.88. The molecule has 0 amide bonds. The molecule has 7 nitrogen and oxygen atoms in total. The molecule has 146 valence electrons. The third kappa shape index (κ3) is 3.85. The summed E-state index contributed by atoms with van der Waals surface area (Å²) in [6.45, 7) is 1.52. The lowest BCUT2D eigenvalue weighted by Gasteiger charge is -2.25. The third-order valence-electron chi connectivity index (χ3n) is 5.24. The zero-order chi connectivity index (χ0) is 19.0. The van der Waals surface area contributed by atoms with E-state index in [1.165, 1.54) is 16.8 Å². The molecule has 1 aromatic heterocycles. The molecule has 4 rings (SSSR count). The summed E-state index contributed by atoms with van der Waals surface area (Å²) in [6, 6.07) is 7.43. The van der Waals surface area contributed by atoms with Crippen molar-refractivity contribution in [1.29, 1.82) is 0 Å². The molecule has 3 atom stereocenters. The van der Waals surface area contributed by atoms with E-state index in [0.717, 1.165) is 25.1 Å². The van der Waals surface area contributed by atoms with E-state index in [1.807, 2.05) is 24.3 Å². The maximum Gasteiger partial charge on any atom is 0.262 e. The highest BCUT2D eigenvalue weighted by molar-refractivity contribution is 7.89. The predicted octanol–water partition coefficient (Wildman–Crippen LogP) is 2.35. The van der Waals surface area contributed by atoms with Crippen molar-refractivity contribution in [3.05, 3.63) is 41.8 Å². The van der Waals surface area contributed by atoms with Crippen LogP contribution < -0.4 is 5.32 Å². The molecule has 2 aliphatic heterocycles. The first-order valence-electron chi connectivity index (χ1n) is 9.05. The second-order valence-corrected chi connectivity index (χ2v) is 9.50. The van der Waals surface area contributed by atoms with Gasteiger partial charge in [0.25, 0.3) is 10.0 Å². The number of sulfonamides is 1. The molecular weight excluding hydrogens is 388 g/mol. The van der Waals surface area contributed by atoms with Crippen molar-refractivity contribution in [2.45, 2.75) is 30.0 Å². The first-order chi connectivity index (χ1) is 12.9. The Morgan fingerprint density at radius 1 is 1.33 bits per heavy atom. The van der Waals surface area contributed by atoms with Crippen LogP contribution in [-0.4, -0.2) is 54.1 Å². The molecule has 3 unspecified atom stereocenters. The molecule has 0 aliphatic carbocycles. The molecule has 1 N–H and O–H groups in total. The van der Waals surface area contributed by atoms with Gasteiger partial charge in [0, 0.05) is 55.6 Å². The molecule has 2 aromatic rings. The highest BCUT2D eigenvalue weighted by atomic mass is 35.5. The van der Waals surface area contributed by atoms with Crippen LogP contribution in [0.5, 0.6) is 0 Å². The van der Waals surface area contributed by atoms with E-state index in [1.54, 1.807) is 11.6 Å². The summed E-state index contributed by atoms with van der Waals surface area (Å²) in [5.41, 5.74) is 0.882. The van der Waals surface area contributed by atoms with Crippen molar-refractivity contribution >= 4 is 27.3 Å². The van der Waals surface area contributed by atoms with Crippen LogP contribution in [0.3, 0.4) is 0 Å². The van der Waals surface area contributed by atoms with E-state index >= 15 is 0 Å². The molecule has 0 bridgehead atoms. The molecule has 0 saturated carbocycles. The predicted molar refractivity (Wildman–Crippen MR) is 103 cm³/mol. The Labute approximate surface area is 164 Å². The molecule has 0 spiro atoms. The number of aryl methyl sites for hydroxylation is 1. The molecule has 2 saturated heterocycles. The first kappa shape index (κ1) is 18.7. The minimum absolute atomic E-state index is 0.0509. The third-order valence-corrected chi connectivity index (χ3v) is 7.19. The van der Waals surface area contributed by atoms with Crippen LogP contribution in [0, 0.1) is 5.92 Å². The molecule has 9 heteroatoms. The standard InChI is InChI=1S/C18H23ClN4O3S/c1-22-11-18(20-12-22)27(24,25)23-9-15(17-6-3-7-26-17)16(10-23)21-14-5-2-4-13(19)8-14/h2,4-5,8,11-12,15-17,21H,3,6-7,9-10H2,1H3. The average Bonchev–Trinajstić information content (AvgIpc) is 3.34. The second-order valence-electron chi connectivity index (χ2n) is 7.18. The summed E-state index contributed by atoms with van der Waals surface area (Å²) in [6.07, 6.45) is 5.06. The lowest BCUT2D eigenvalue weighted by atomic mass is 9.94. The van der Waals surface area contributed by atoms with Crippen molar-refractivity contribution < 1.29 is 13.2 Å². The van der Waals surface area contributed by atoms with E-state index in [2.05, 4.69) is 10.3 Å². The Bertz CT molecular complexity index is 911. The molecule has 1 aromatic carbocycles. The number of anilines is 1. The van der Waals surface area contributed by atoms with Gasteiger partial charge in [-0.3, -0.25) is 0 Å². The number of hydrogen-bond acceptors (Lipinski definition) is 5. The fraction of sp³-hybridized carbons (Fsp3) is 0.500. The Morgan fingerprint density at radius 3 is 2.85 bits per heavy atom. The highest BCUT2D eigenvalue weighted by Crippen LogP contribution is 2.33. The van der Waals surface area contributed by atoms with Gasteiger partial charge in [-0.25, -0.2) is 13.4 Å². The van der Waals surface area contributed by atoms with Gasteiger partial charge in [0.2, 0.25) is 0 Å². The Balaban J connectivity index is 1.59. The minimum atomic E-state index is -3.63. The number of aromatic nitrogens is 2. The summed E-state index contributed by atoms with van der Waals surface area (Å²) in [5, 5.41) is 4.20. The van der Waals surface area contributed by atoms with Crippen LogP contribution in [0.1, 0.15) is 12.8 Å². The van der Waals surface area contributed by atoms with Gasteiger partial charge < -0.3 is 14.6 Å². The fourth-order valence-electron chi connectivity index (χ4n) is 3.90. The molecule has 2 fully saturated rings. The van der Waals surface area contributed by atoms with Crippen molar-refractivity contribution in [3.63, 3.8) is 0 Å². The summed E-state index contributed by atoms with van der Waals surface area (Å²) >= 11 is 6.10. The van der Waals surface area contributed by atoms with Gasteiger partial charge >= 0.3 is 0 Å². The van der Waals surface area contributed by atoms with Gasteiger partial charge in [-0.05, 0) is 31.0 Å². The van der Waals surface area contributed by atoms with Crippen LogP contribution in [0.25, 0.3) is 0 Å². The van der Waals surface area contributed by atoms with Gasteiger partial charge in [0.15, 0.2) is 5.03 Å². The Kier molecular flexibility index (Phi) is 5.15. The van der Waals surface area contributed by atoms with Gasteiger partial charge in [-0.15, -0.1) is 0 Å². The van der Waals surface area contributed by atoms with Crippen LogP contribution in [-0.2, 0) is 21.8 Å². The highest BCUT2D eigenvalue weighted by Gasteiger charge is 2.44. The van der Waals surface area contributed by atoms with E-state index < -0.39 is 10.0 Å². The van der Waals surface area contributed by atoms with Crippen LogP contribution in [0.2, 0.25) is 5.02 Å². The lowest BCUT2D eigenvalue weighted by molar-refractivity contribution is 0.0651. The summed E-state index contributed by atoms with van der Waals surface area (Å²) in [4.78, 5) is 4.04. The molecule has 3 heterocycles. The van der Waals surface area contributed by atoms with E-state index in [-0.39, 0.29) is 23.1 Å². The van der Waals surface area contributed by atoms with Crippen molar-refractivity contribution in [3.8, 4) is 0 Å². The number of nitrogens with zero attached hydrogens (tertiary/aromatic N) is 3. The van der Waals surface area contributed by atoms with Crippen LogP contribution in [0.4, 0.5) is 5.69 Å². The zero-order valence-electron chi connectivity index (χ0n) is 15.1. The number of nitrogens with one attached hydrogen (secondary N) is 1. The maximum atomic E-state index is 13.0. The van der Waals surface area contributed by atoms with E-state index in [4.69, 9.17) is 16.3 Å². The number of halogens is 1. The first-order valence-corrected chi connectivity index (χ1v) is 10.9. The smallest absolute Gasteiger partial charge is 0.262 e. The largest absolute Gasteiger partial charge is 0.381 e. The van der Waals surface area contributed by atoms with E-state index in [0.29, 0.717) is 18.1 Å². The SMILES string of the molecule is Cn1cnc(S(=O)(=O)N2CC(Nc3cccc(Cl)c3)C(C3CCCO3)C2)c1. The summed E-state index contributed by atoms with van der Waals surface area (Å²) < 4.78 is 35.1. The normalized spacial score (nSPS) is 26.5. The maximum absolute atomic E-state index is 13.0. The Morgan fingerprint density at radius 2 is 2.19 bits per heavy atom. The molecular formula is C18H23ClN4O3S. The monoisotopic (exact) mass is 410 g/mol. The lowest BCUT2D eigenvalue weighted by Crippen LogP contribution is -2.35. The van der Waals surface area contributed by atoms with Gasteiger partial charge in [0.1, 0.15) is 0 Å². The van der Waals surface area contributed by atoms with Crippen LogP contribution in [0.15, 0.2) is 41.8 Å². The fourth-order valence-corrected chi connectivity index (χ4v) is 5.56. The topological polar surface area (TPSA) is 76.5 Å². The van der Waals surface area contributed by atoms with Gasteiger partial charge in [-0.2, -0.15) is 4.31 Å². The molecule has 0 radical (unpaired) electrons. The van der Waals surface area contributed by atoms with Gasteiger partial charge in [-0.1, -0.05) is 17.7 Å². The van der Waals surface area contributed by atoms with Crippen LogP contribution >= 0.6 is 11.6 Å². The molecule has 2 aliphatic rings. The van der Waals surface area contributed by atoms with Gasteiger partial charge in [0.05, 0.1) is 12.4 Å². The number of benzene rings is 1. The second kappa shape index (κ2) is 7.43. The number of hydrogen-bond donors (Lipinski definition) is 1. The zero-order valence-corrected chi connectivity index (χ0v) is 16.7. The van der Waals surface area contributed by atoms with Crippen molar-refractivity contribution in [1.82, 2.24) is 13.9 Å². The number of rotatable bonds is 5. The Hall–Kier alpha value is -1.61. The van der Waals surface area contributed by atoms with E-state index in [9.17, 15) is 8.42 Å². The van der Waals surface area contributed by atoms with Crippen molar-refractivity contribution in [2.24, 2.45) is 13.0 Å². The number of imidazole rings is 1. The van der Waals surface area contributed by atoms with Crippen molar-refractivity contribution in [2.75, 3.05) is 25.0 Å². The average molecular weight is 411 g/mol.